The van der Waals surface area contributed by atoms with Crippen LogP contribution in [0.2, 0.25) is 5.02 Å². The van der Waals surface area contributed by atoms with Crippen molar-refractivity contribution in [1.29, 1.82) is 0 Å². The third-order valence-electron chi connectivity index (χ3n) is 5.08. The average molecular weight is 369 g/mol. The summed E-state index contributed by atoms with van der Waals surface area (Å²) in [7, 11) is 0. The molecule has 8 nitrogen and oxygen atoms in total. The van der Waals surface area contributed by atoms with Gasteiger partial charge in [-0.25, -0.2) is 24.6 Å². The molecular formula is C17H17ClN8. The summed E-state index contributed by atoms with van der Waals surface area (Å²) >= 11 is 5.88. The van der Waals surface area contributed by atoms with Gasteiger partial charge in [0, 0.05) is 56.5 Å². The fourth-order valence-electron chi connectivity index (χ4n) is 3.85. The van der Waals surface area contributed by atoms with Crippen molar-refractivity contribution in [2.75, 3.05) is 36.0 Å². The van der Waals surface area contributed by atoms with Gasteiger partial charge >= 0.3 is 0 Å². The molecule has 0 aliphatic carbocycles. The molecule has 2 fully saturated rings. The number of hydrogen-bond donors (Lipinski definition) is 0. The molecule has 0 aromatic carbocycles. The van der Waals surface area contributed by atoms with Gasteiger partial charge < -0.3 is 9.80 Å². The molecule has 26 heavy (non-hydrogen) atoms. The lowest BCUT2D eigenvalue weighted by atomic mass is 10.0. The van der Waals surface area contributed by atoms with E-state index in [-0.39, 0.29) is 0 Å². The summed E-state index contributed by atoms with van der Waals surface area (Å²) in [6.45, 7) is 3.87. The first kappa shape index (κ1) is 15.5. The number of anilines is 2. The first-order valence-corrected chi connectivity index (χ1v) is 8.93. The maximum atomic E-state index is 5.88. The maximum Gasteiger partial charge on any atom is 0.225 e. The smallest absolute Gasteiger partial charge is 0.225 e. The highest BCUT2D eigenvalue weighted by Gasteiger charge is 2.41. The van der Waals surface area contributed by atoms with Crippen LogP contribution in [0.15, 0.2) is 43.2 Å². The van der Waals surface area contributed by atoms with E-state index in [0.29, 0.717) is 16.9 Å². The Morgan fingerprint density at radius 3 is 2.27 bits per heavy atom. The third kappa shape index (κ3) is 2.76. The van der Waals surface area contributed by atoms with Gasteiger partial charge in [0.05, 0.1) is 17.4 Å². The molecular weight excluding hydrogens is 352 g/mol. The fraction of sp³-hybridized carbons (Fsp3) is 0.353. The van der Waals surface area contributed by atoms with Crippen LogP contribution in [0, 0.1) is 11.8 Å². The van der Waals surface area contributed by atoms with E-state index >= 15 is 0 Å². The molecule has 132 valence electrons. The second-order valence-electron chi connectivity index (χ2n) is 6.72. The molecule has 2 unspecified atom stereocenters. The molecule has 2 aliphatic heterocycles. The standard InChI is InChI=1S/C17H17ClN8/c18-14-5-19-17(20-6-14)25-9-12-7-24(8-13(12)10-25)15-4-16(22-11-21-15)26-3-1-2-23-26/h1-6,11-13H,7-10H2. The Bertz CT molecular complexity index is 883. The van der Waals surface area contributed by atoms with Crippen LogP contribution >= 0.6 is 11.6 Å². The number of rotatable bonds is 3. The minimum absolute atomic E-state index is 0.566. The topological polar surface area (TPSA) is 75.9 Å². The predicted molar refractivity (Wildman–Crippen MR) is 97.6 cm³/mol. The number of hydrogen-bond acceptors (Lipinski definition) is 7. The Morgan fingerprint density at radius 1 is 0.885 bits per heavy atom. The minimum Gasteiger partial charge on any atom is -0.356 e. The highest BCUT2D eigenvalue weighted by atomic mass is 35.5. The van der Waals surface area contributed by atoms with Crippen molar-refractivity contribution in [2.45, 2.75) is 0 Å². The lowest BCUT2D eigenvalue weighted by Gasteiger charge is -2.22. The second-order valence-corrected chi connectivity index (χ2v) is 7.15. The van der Waals surface area contributed by atoms with Gasteiger partial charge in [0.15, 0.2) is 5.82 Å². The third-order valence-corrected chi connectivity index (χ3v) is 5.27. The van der Waals surface area contributed by atoms with Crippen molar-refractivity contribution < 1.29 is 0 Å². The Balaban J connectivity index is 1.30. The molecule has 0 saturated carbocycles. The monoisotopic (exact) mass is 368 g/mol. The molecule has 0 radical (unpaired) electrons. The highest BCUT2D eigenvalue weighted by molar-refractivity contribution is 6.30. The molecule has 3 aromatic rings. The lowest BCUT2D eigenvalue weighted by Crippen LogP contribution is -2.30. The van der Waals surface area contributed by atoms with Crippen molar-refractivity contribution >= 4 is 23.4 Å². The molecule has 3 aromatic heterocycles. The number of nitrogens with zero attached hydrogens (tertiary/aromatic N) is 8. The van der Waals surface area contributed by atoms with Crippen LogP contribution in [-0.2, 0) is 0 Å². The molecule has 0 amide bonds. The Morgan fingerprint density at radius 2 is 1.58 bits per heavy atom. The van der Waals surface area contributed by atoms with Gasteiger partial charge in [-0.3, -0.25) is 0 Å². The zero-order valence-electron chi connectivity index (χ0n) is 14.0. The van der Waals surface area contributed by atoms with E-state index in [1.165, 1.54) is 0 Å². The van der Waals surface area contributed by atoms with Crippen LogP contribution in [0.4, 0.5) is 11.8 Å². The van der Waals surface area contributed by atoms with Gasteiger partial charge in [-0.05, 0) is 6.07 Å². The van der Waals surface area contributed by atoms with E-state index in [1.54, 1.807) is 29.6 Å². The molecule has 5 heterocycles. The SMILES string of the molecule is Clc1cnc(N2CC3CN(c4cc(-n5cccn5)ncn4)CC3C2)nc1. The van der Waals surface area contributed by atoms with Crippen molar-refractivity contribution in [2.24, 2.45) is 11.8 Å². The molecule has 9 heteroatoms. The maximum absolute atomic E-state index is 5.88. The molecule has 2 atom stereocenters. The van der Waals surface area contributed by atoms with Crippen molar-refractivity contribution in [3.63, 3.8) is 0 Å². The number of halogens is 1. The normalized spacial score (nSPS) is 22.0. The average Bonchev–Trinajstić information content (AvgIpc) is 3.39. The van der Waals surface area contributed by atoms with Crippen molar-refractivity contribution in [1.82, 2.24) is 29.7 Å². The molecule has 2 aliphatic rings. The molecule has 0 spiro atoms. The summed E-state index contributed by atoms with van der Waals surface area (Å²) < 4.78 is 1.75. The van der Waals surface area contributed by atoms with Crippen LogP contribution in [-0.4, -0.2) is 55.9 Å². The van der Waals surface area contributed by atoms with Crippen molar-refractivity contribution in [3.05, 3.63) is 48.3 Å². The van der Waals surface area contributed by atoms with Gasteiger partial charge in [0.1, 0.15) is 12.1 Å². The zero-order chi connectivity index (χ0) is 17.5. The number of fused-ring (bicyclic) bond motifs is 1. The summed E-state index contributed by atoms with van der Waals surface area (Å²) in [5.74, 6) is 3.66. The number of aromatic nitrogens is 6. The van der Waals surface area contributed by atoms with E-state index in [0.717, 1.165) is 43.8 Å². The summed E-state index contributed by atoms with van der Waals surface area (Å²) in [6.07, 6.45) is 8.54. The van der Waals surface area contributed by atoms with Gasteiger partial charge in [-0.15, -0.1) is 0 Å². The highest BCUT2D eigenvalue weighted by Crippen LogP contribution is 2.34. The van der Waals surface area contributed by atoms with Gasteiger partial charge in [0.25, 0.3) is 0 Å². The predicted octanol–water partition coefficient (Wildman–Crippen LogP) is 1.68. The van der Waals surface area contributed by atoms with E-state index < -0.39 is 0 Å². The summed E-state index contributed by atoms with van der Waals surface area (Å²) in [5.41, 5.74) is 0. The van der Waals surface area contributed by atoms with Crippen LogP contribution in [0.25, 0.3) is 5.82 Å². The molecule has 2 saturated heterocycles. The zero-order valence-corrected chi connectivity index (χ0v) is 14.7. The van der Waals surface area contributed by atoms with E-state index in [4.69, 9.17) is 11.6 Å². The van der Waals surface area contributed by atoms with E-state index in [9.17, 15) is 0 Å². The lowest BCUT2D eigenvalue weighted by molar-refractivity contribution is 0.533. The Hall–Kier alpha value is -2.74. The first-order valence-electron chi connectivity index (χ1n) is 8.56. The Labute approximate surface area is 155 Å². The van der Waals surface area contributed by atoms with E-state index in [2.05, 4.69) is 34.8 Å². The summed E-state index contributed by atoms with van der Waals surface area (Å²) in [6, 6.07) is 3.88. The summed E-state index contributed by atoms with van der Waals surface area (Å²) in [5, 5.41) is 4.80. The van der Waals surface area contributed by atoms with Crippen LogP contribution < -0.4 is 9.80 Å². The molecule has 0 N–H and O–H groups in total. The van der Waals surface area contributed by atoms with Crippen molar-refractivity contribution in [3.8, 4) is 5.82 Å². The van der Waals surface area contributed by atoms with E-state index in [1.807, 2.05) is 18.3 Å². The largest absolute Gasteiger partial charge is 0.356 e. The molecule has 5 rings (SSSR count). The quantitative estimate of drug-likeness (QED) is 0.696. The van der Waals surface area contributed by atoms with Crippen LogP contribution in [0.1, 0.15) is 0 Å². The van der Waals surface area contributed by atoms with Gasteiger partial charge in [-0.1, -0.05) is 11.6 Å². The van der Waals surface area contributed by atoms with Crippen LogP contribution in [0.5, 0.6) is 0 Å². The fourth-order valence-corrected chi connectivity index (χ4v) is 3.95. The van der Waals surface area contributed by atoms with Gasteiger partial charge in [-0.2, -0.15) is 5.10 Å². The first-order chi connectivity index (χ1) is 12.8. The Kier molecular flexibility index (Phi) is 3.70. The second kappa shape index (κ2) is 6.21. The van der Waals surface area contributed by atoms with Crippen LogP contribution in [0.3, 0.4) is 0 Å². The summed E-state index contributed by atoms with van der Waals surface area (Å²) in [4.78, 5) is 22.1. The minimum atomic E-state index is 0.566. The van der Waals surface area contributed by atoms with Gasteiger partial charge in [0.2, 0.25) is 5.95 Å². The molecule has 0 bridgehead atoms.